The van der Waals surface area contributed by atoms with Crippen molar-refractivity contribution in [1.82, 2.24) is 9.62 Å². The molecule has 1 aliphatic rings. The van der Waals surface area contributed by atoms with Crippen molar-refractivity contribution in [2.75, 3.05) is 32.8 Å². The summed E-state index contributed by atoms with van der Waals surface area (Å²) in [5.41, 5.74) is 0.815. The second kappa shape index (κ2) is 8.22. The molecule has 1 atom stereocenters. The Morgan fingerprint density at radius 2 is 1.50 bits per heavy atom. The van der Waals surface area contributed by atoms with Crippen LogP contribution in [0.3, 0.4) is 0 Å². The summed E-state index contributed by atoms with van der Waals surface area (Å²) in [6, 6.07) is 10.4. The van der Waals surface area contributed by atoms with Crippen molar-refractivity contribution in [3.05, 3.63) is 65.7 Å². The van der Waals surface area contributed by atoms with Crippen LogP contribution in [-0.4, -0.2) is 46.2 Å². The fourth-order valence-corrected chi connectivity index (χ4v) is 3.96. The Bertz CT molecular complexity index is 821. The van der Waals surface area contributed by atoms with E-state index in [2.05, 4.69) is 9.62 Å². The normalized spacial score (nSPS) is 17.2. The number of halogens is 2. The van der Waals surface area contributed by atoms with E-state index in [-0.39, 0.29) is 23.3 Å². The van der Waals surface area contributed by atoms with Gasteiger partial charge in [-0.25, -0.2) is 21.9 Å². The van der Waals surface area contributed by atoms with E-state index in [9.17, 15) is 17.2 Å². The molecule has 1 saturated heterocycles. The Kier molecular flexibility index (Phi) is 5.98. The maximum absolute atomic E-state index is 13.2. The first-order valence-corrected chi connectivity index (χ1v) is 9.76. The highest BCUT2D eigenvalue weighted by molar-refractivity contribution is 7.89. The Morgan fingerprint density at radius 1 is 0.962 bits per heavy atom. The van der Waals surface area contributed by atoms with Crippen LogP contribution in [0.4, 0.5) is 8.78 Å². The maximum Gasteiger partial charge on any atom is 0.240 e. The van der Waals surface area contributed by atoms with Crippen LogP contribution in [0.5, 0.6) is 0 Å². The van der Waals surface area contributed by atoms with E-state index in [4.69, 9.17) is 4.74 Å². The molecule has 0 radical (unpaired) electrons. The number of benzene rings is 2. The van der Waals surface area contributed by atoms with Crippen LogP contribution in [0.25, 0.3) is 0 Å². The topological polar surface area (TPSA) is 58.6 Å². The molecule has 0 spiro atoms. The molecule has 0 unspecified atom stereocenters. The molecule has 1 N–H and O–H groups in total. The molecule has 3 rings (SSSR count). The van der Waals surface area contributed by atoms with Crippen molar-refractivity contribution in [3.63, 3.8) is 0 Å². The average Bonchev–Trinajstić information content (AvgIpc) is 2.64. The molecule has 8 heteroatoms. The molecular weight excluding hydrogens is 362 g/mol. The predicted molar refractivity (Wildman–Crippen MR) is 93.1 cm³/mol. The quantitative estimate of drug-likeness (QED) is 0.833. The Hall–Kier alpha value is -1.87. The lowest BCUT2D eigenvalue weighted by atomic mass is 10.0. The van der Waals surface area contributed by atoms with Crippen molar-refractivity contribution >= 4 is 10.0 Å². The fraction of sp³-hybridized carbons (Fsp3) is 0.333. The first-order valence-electron chi connectivity index (χ1n) is 8.28. The highest BCUT2D eigenvalue weighted by atomic mass is 32.2. The van der Waals surface area contributed by atoms with Gasteiger partial charge < -0.3 is 4.74 Å². The molecule has 0 bridgehead atoms. The van der Waals surface area contributed by atoms with Crippen molar-refractivity contribution in [1.29, 1.82) is 0 Å². The standard InChI is InChI=1S/C18H20F2N2O3S/c19-15-3-1-14(2-4-15)18(22-9-11-25-12-10-22)13-21-26(23,24)17-7-5-16(20)6-8-17/h1-8,18,21H,9-13H2/t18-/m0/s1. The Labute approximate surface area is 151 Å². The van der Waals surface area contributed by atoms with Crippen molar-refractivity contribution < 1.29 is 21.9 Å². The third-order valence-electron chi connectivity index (χ3n) is 4.33. The lowest BCUT2D eigenvalue weighted by Crippen LogP contribution is -2.43. The summed E-state index contributed by atoms with van der Waals surface area (Å²) in [5, 5.41) is 0. The zero-order valence-electron chi connectivity index (χ0n) is 14.1. The van der Waals surface area contributed by atoms with Gasteiger partial charge in [0.15, 0.2) is 0 Å². The summed E-state index contributed by atoms with van der Waals surface area (Å²) in [6.07, 6.45) is 0. The largest absolute Gasteiger partial charge is 0.379 e. The fourth-order valence-electron chi connectivity index (χ4n) is 2.92. The van der Waals surface area contributed by atoms with Gasteiger partial charge in [-0.15, -0.1) is 0 Å². The van der Waals surface area contributed by atoms with Crippen molar-refractivity contribution in [2.24, 2.45) is 0 Å². The minimum atomic E-state index is -3.78. The van der Waals surface area contributed by atoms with E-state index < -0.39 is 15.8 Å². The summed E-state index contributed by atoms with van der Waals surface area (Å²) < 4.78 is 59.2. The van der Waals surface area contributed by atoms with E-state index in [0.29, 0.717) is 26.3 Å². The van der Waals surface area contributed by atoms with Gasteiger partial charge in [0.1, 0.15) is 11.6 Å². The zero-order chi connectivity index (χ0) is 18.6. The number of morpholine rings is 1. The average molecular weight is 382 g/mol. The molecule has 26 heavy (non-hydrogen) atoms. The molecule has 2 aromatic rings. The van der Waals surface area contributed by atoms with Crippen LogP contribution in [0.1, 0.15) is 11.6 Å². The number of ether oxygens (including phenoxy) is 1. The van der Waals surface area contributed by atoms with Gasteiger partial charge in [0, 0.05) is 25.7 Å². The summed E-state index contributed by atoms with van der Waals surface area (Å²) in [7, 11) is -3.78. The number of hydrogen-bond acceptors (Lipinski definition) is 4. The smallest absolute Gasteiger partial charge is 0.240 e. The lowest BCUT2D eigenvalue weighted by molar-refractivity contribution is 0.0172. The van der Waals surface area contributed by atoms with Gasteiger partial charge in [0.05, 0.1) is 18.1 Å². The van der Waals surface area contributed by atoms with E-state index in [0.717, 1.165) is 17.7 Å². The van der Waals surface area contributed by atoms with Crippen LogP contribution in [0, 0.1) is 11.6 Å². The van der Waals surface area contributed by atoms with Crippen LogP contribution in [0.2, 0.25) is 0 Å². The second-order valence-electron chi connectivity index (χ2n) is 6.02. The summed E-state index contributed by atoms with van der Waals surface area (Å²) in [5.74, 6) is -0.845. The lowest BCUT2D eigenvalue weighted by Gasteiger charge is -2.34. The molecule has 0 aliphatic carbocycles. The van der Waals surface area contributed by atoms with Gasteiger partial charge in [-0.2, -0.15) is 0 Å². The van der Waals surface area contributed by atoms with Gasteiger partial charge in [0.2, 0.25) is 10.0 Å². The number of nitrogens with zero attached hydrogens (tertiary/aromatic N) is 1. The molecule has 1 heterocycles. The zero-order valence-corrected chi connectivity index (χ0v) is 14.9. The number of nitrogens with one attached hydrogen (secondary N) is 1. The van der Waals surface area contributed by atoms with E-state index >= 15 is 0 Å². The van der Waals surface area contributed by atoms with Crippen LogP contribution < -0.4 is 4.72 Å². The molecule has 2 aromatic carbocycles. The van der Waals surface area contributed by atoms with Crippen LogP contribution >= 0.6 is 0 Å². The SMILES string of the molecule is O=S(=O)(NC[C@@H](c1ccc(F)cc1)N1CCOCC1)c1ccc(F)cc1. The Morgan fingerprint density at radius 3 is 2.08 bits per heavy atom. The summed E-state index contributed by atoms with van der Waals surface area (Å²) in [4.78, 5) is 2.10. The number of rotatable bonds is 6. The Balaban J connectivity index is 1.78. The van der Waals surface area contributed by atoms with E-state index in [1.54, 1.807) is 12.1 Å². The summed E-state index contributed by atoms with van der Waals surface area (Å²) in [6.45, 7) is 2.54. The maximum atomic E-state index is 13.2. The van der Waals surface area contributed by atoms with E-state index in [1.165, 1.54) is 24.3 Å². The third kappa shape index (κ3) is 4.64. The summed E-state index contributed by atoms with van der Waals surface area (Å²) >= 11 is 0. The molecule has 0 amide bonds. The second-order valence-corrected chi connectivity index (χ2v) is 7.79. The highest BCUT2D eigenvalue weighted by Crippen LogP contribution is 2.22. The third-order valence-corrected chi connectivity index (χ3v) is 5.77. The monoisotopic (exact) mass is 382 g/mol. The molecule has 1 aliphatic heterocycles. The van der Waals surface area contributed by atoms with Crippen LogP contribution in [0.15, 0.2) is 53.4 Å². The van der Waals surface area contributed by atoms with Gasteiger partial charge in [-0.05, 0) is 42.0 Å². The van der Waals surface area contributed by atoms with Crippen molar-refractivity contribution in [2.45, 2.75) is 10.9 Å². The minimum Gasteiger partial charge on any atom is -0.379 e. The van der Waals surface area contributed by atoms with Crippen molar-refractivity contribution in [3.8, 4) is 0 Å². The van der Waals surface area contributed by atoms with Gasteiger partial charge in [-0.1, -0.05) is 12.1 Å². The van der Waals surface area contributed by atoms with Gasteiger partial charge >= 0.3 is 0 Å². The van der Waals surface area contributed by atoms with Gasteiger partial charge in [0.25, 0.3) is 0 Å². The first-order chi connectivity index (χ1) is 12.5. The van der Waals surface area contributed by atoms with Crippen LogP contribution in [-0.2, 0) is 14.8 Å². The predicted octanol–water partition coefficient (Wildman–Crippen LogP) is 2.32. The molecule has 1 fully saturated rings. The van der Waals surface area contributed by atoms with Gasteiger partial charge in [-0.3, -0.25) is 4.90 Å². The number of hydrogen-bond donors (Lipinski definition) is 1. The molecule has 0 aromatic heterocycles. The molecule has 5 nitrogen and oxygen atoms in total. The highest BCUT2D eigenvalue weighted by Gasteiger charge is 2.25. The first kappa shape index (κ1) is 18.9. The molecular formula is C18H20F2N2O3S. The molecule has 140 valence electrons. The van der Waals surface area contributed by atoms with E-state index in [1.807, 2.05) is 0 Å². The minimum absolute atomic E-state index is 0.00117. The molecule has 0 saturated carbocycles. The number of sulfonamides is 1.